The summed E-state index contributed by atoms with van der Waals surface area (Å²) in [6, 6.07) is 5.88. The molecular weight excluding hydrogens is 550 g/mol. The fourth-order valence-corrected chi connectivity index (χ4v) is 5.17. The molecule has 1 aromatic carbocycles. The summed E-state index contributed by atoms with van der Waals surface area (Å²) < 4.78 is 55.4. The van der Waals surface area contributed by atoms with Gasteiger partial charge in [-0.15, -0.1) is 0 Å². The zero-order valence-electron chi connectivity index (χ0n) is 22.0. The van der Waals surface area contributed by atoms with Gasteiger partial charge in [0, 0.05) is 20.8 Å². The number of imidazole rings is 1. The first-order valence-corrected chi connectivity index (χ1v) is 13.3. The fraction of sp³-hybridized carbons (Fsp3) is 0.417. The smallest absolute Gasteiger partial charge is 0.303 e. The zero-order valence-corrected chi connectivity index (χ0v) is 22.8. The molecule has 4 rings (SSSR count). The second-order valence-electron chi connectivity index (χ2n) is 9.07. The van der Waals surface area contributed by atoms with Crippen molar-refractivity contribution >= 4 is 45.0 Å². The Morgan fingerprint density at radius 3 is 2.30 bits per heavy atom. The highest BCUT2D eigenvalue weighted by atomic mass is 32.2. The number of aromatic nitrogens is 4. The monoisotopic (exact) mass is 577 g/mol. The number of carbonyl (C=O) groups excluding carboxylic acids is 3. The van der Waals surface area contributed by atoms with Crippen LogP contribution < -0.4 is 5.73 Å². The Kier molecular flexibility index (Phi) is 8.04. The average Bonchev–Trinajstić information content (AvgIpc) is 3.42. The molecule has 40 heavy (non-hydrogen) atoms. The normalized spacial score (nSPS) is 22.6. The lowest BCUT2D eigenvalue weighted by Gasteiger charge is -2.32. The Balaban J connectivity index is 1.82. The number of nitrogens with zero attached hydrogens (tertiary/aromatic N) is 4. The summed E-state index contributed by atoms with van der Waals surface area (Å²) in [4.78, 5) is 48.3. The van der Waals surface area contributed by atoms with Crippen molar-refractivity contribution in [3.8, 4) is 0 Å². The second kappa shape index (κ2) is 11.1. The summed E-state index contributed by atoms with van der Waals surface area (Å²) >= 11 is 0. The molecule has 1 aliphatic heterocycles. The molecule has 3 heterocycles. The zero-order chi connectivity index (χ0) is 29.2. The molecule has 0 saturated carbocycles. The Morgan fingerprint density at radius 1 is 1.00 bits per heavy atom. The number of rotatable bonds is 9. The highest BCUT2D eigenvalue weighted by Gasteiger charge is 2.61. The maximum absolute atomic E-state index is 13.1. The number of carbonyl (C=O) groups is 3. The van der Waals surface area contributed by atoms with E-state index in [2.05, 4.69) is 15.0 Å². The van der Waals surface area contributed by atoms with Crippen LogP contribution in [0.2, 0.25) is 0 Å². The van der Waals surface area contributed by atoms with Crippen LogP contribution in [0.5, 0.6) is 0 Å². The van der Waals surface area contributed by atoms with Crippen LogP contribution in [0.15, 0.2) is 41.8 Å². The van der Waals surface area contributed by atoms with E-state index in [4.69, 9.17) is 28.9 Å². The van der Waals surface area contributed by atoms with Crippen molar-refractivity contribution in [1.82, 2.24) is 19.5 Å². The Morgan fingerprint density at radius 2 is 1.68 bits per heavy atom. The molecule has 1 fully saturated rings. The topological polar surface area (TPSA) is 201 Å². The van der Waals surface area contributed by atoms with Crippen molar-refractivity contribution < 1.29 is 45.9 Å². The van der Waals surface area contributed by atoms with E-state index >= 15 is 0 Å². The van der Waals surface area contributed by atoms with Crippen molar-refractivity contribution in [3.05, 3.63) is 42.5 Å². The van der Waals surface area contributed by atoms with E-state index in [0.717, 1.165) is 26.3 Å². The molecule has 0 spiro atoms. The van der Waals surface area contributed by atoms with Gasteiger partial charge in [0.2, 0.25) is 0 Å². The van der Waals surface area contributed by atoms with Crippen LogP contribution in [0.4, 0.5) is 5.82 Å². The summed E-state index contributed by atoms with van der Waals surface area (Å²) in [5, 5.41) is 0. The summed E-state index contributed by atoms with van der Waals surface area (Å²) in [6.07, 6.45) is -1.75. The minimum Gasteiger partial charge on any atom is -0.463 e. The van der Waals surface area contributed by atoms with Crippen molar-refractivity contribution in [2.75, 3.05) is 18.9 Å². The highest BCUT2D eigenvalue weighted by Crippen LogP contribution is 2.43. The minimum absolute atomic E-state index is 0.0565. The van der Waals surface area contributed by atoms with Crippen LogP contribution >= 0.6 is 0 Å². The number of esters is 3. The van der Waals surface area contributed by atoms with Gasteiger partial charge in [0.15, 0.2) is 35.5 Å². The van der Waals surface area contributed by atoms with E-state index in [9.17, 15) is 22.8 Å². The molecule has 1 aliphatic rings. The first-order chi connectivity index (χ1) is 18.8. The number of ether oxygens (including phenoxy) is 4. The maximum atomic E-state index is 13.1. The number of nitrogen functional groups attached to an aromatic ring is 1. The minimum atomic E-state index is -4.37. The molecule has 2 aromatic heterocycles. The van der Waals surface area contributed by atoms with Gasteiger partial charge in [-0.3, -0.25) is 23.1 Å². The van der Waals surface area contributed by atoms with Crippen molar-refractivity contribution in [2.24, 2.45) is 0 Å². The van der Waals surface area contributed by atoms with Crippen LogP contribution in [-0.4, -0.2) is 76.9 Å². The van der Waals surface area contributed by atoms with Gasteiger partial charge in [-0.25, -0.2) is 15.0 Å². The fourth-order valence-electron chi connectivity index (χ4n) is 4.21. The standard InChI is InChI=1S/C24H27N5O10S/c1-13-5-7-17(8-6-13)40(33,34)36-10-24(9-35-14(2)30)20(38-16(4)32)19(37-15(3)31)23(39-24)29-12-28-18-21(25)26-11-27-22(18)29/h5-8,11-12,19-20,23H,9-10H2,1-4H3,(H2,25,26,27)/t19-,20-,23-,24+/m1/s1. The third-order valence-corrected chi connectivity index (χ3v) is 7.28. The molecule has 0 amide bonds. The summed E-state index contributed by atoms with van der Waals surface area (Å²) in [5.74, 6) is -2.28. The predicted octanol–water partition coefficient (Wildman–Crippen LogP) is 0.817. The van der Waals surface area contributed by atoms with E-state index in [-0.39, 0.29) is 21.9 Å². The number of anilines is 1. The number of hydrogen-bond donors (Lipinski definition) is 1. The van der Waals surface area contributed by atoms with Gasteiger partial charge in [-0.1, -0.05) is 17.7 Å². The maximum Gasteiger partial charge on any atom is 0.303 e. The summed E-state index contributed by atoms with van der Waals surface area (Å²) in [7, 11) is -4.37. The third-order valence-electron chi connectivity index (χ3n) is 6.00. The van der Waals surface area contributed by atoms with Crippen LogP contribution in [0.3, 0.4) is 0 Å². The molecule has 2 N–H and O–H groups in total. The highest BCUT2D eigenvalue weighted by molar-refractivity contribution is 7.86. The first kappa shape index (κ1) is 28.8. The molecule has 0 bridgehead atoms. The van der Waals surface area contributed by atoms with E-state index in [0.29, 0.717) is 0 Å². The number of aryl methyl sites for hydroxylation is 1. The SMILES string of the molecule is CC(=O)OC[C@@]1(COS(=O)(=O)c2ccc(C)cc2)O[C@@H](n2cnc3c(N)ncnc32)[C@H](OC(C)=O)[C@H]1OC(C)=O. The van der Waals surface area contributed by atoms with Gasteiger partial charge in [0.1, 0.15) is 25.1 Å². The second-order valence-corrected chi connectivity index (χ2v) is 10.7. The number of nitrogens with two attached hydrogens (primary N) is 1. The van der Waals surface area contributed by atoms with Gasteiger partial charge in [0.25, 0.3) is 10.1 Å². The van der Waals surface area contributed by atoms with Crippen LogP contribution in [0, 0.1) is 6.92 Å². The van der Waals surface area contributed by atoms with Crippen molar-refractivity contribution in [1.29, 1.82) is 0 Å². The Bertz CT molecular complexity index is 1540. The molecule has 4 atom stereocenters. The first-order valence-electron chi connectivity index (χ1n) is 11.9. The van der Waals surface area contributed by atoms with Crippen LogP contribution in [0.25, 0.3) is 11.2 Å². The van der Waals surface area contributed by atoms with Gasteiger partial charge >= 0.3 is 17.9 Å². The lowest BCUT2D eigenvalue weighted by Crippen LogP contribution is -2.53. The lowest BCUT2D eigenvalue weighted by molar-refractivity contribution is -0.183. The van der Waals surface area contributed by atoms with Gasteiger partial charge < -0.3 is 24.7 Å². The van der Waals surface area contributed by atoms with E-state index in [1.54, 1.807) is 19.1 Å². The van der Waals surface area contributed by atoms with E-state index in [1.807, 2.05) is 0 Å². The van der Waals surface area contributed by atoms with Gasteiger partial charge in [-0.2, -0.15) is 8.42 Å². The Labute approximate surface area is 228 Å². The largest absolute Gasteiger partial charge is 0.463 e. The predicted molar refractivity (Wildman–Crippen MR) is 135 cm³/mol. The van der Waals surface area contributed by atoms with E-state index < -0.39 is 65.3 Å². The summed E-state index contributed by atoms with van der Waals surface area (Å²) in [5.41, 5.74) is 5.13. The average molecular weight is 578 g/mol. The number of benzene rings is 1. The molecule has 3 aromatic rings. The van der Waals surface area contributed by atoms with Crippen LogP contribution in [0.1, 0.15) is 32.6 Å². The van der Waals surface area contributed by atoms with E-state index in [1.165, 1.54) is 29.4 Å². The molecule has 15 nitrogen and oxygen atoms in total. The summed E-state index contributed by atoms with van der Waals surface area (Å²) in [6.45, 7) is 3.69. The van der Waals surface area contributed by atoms with Crippen LogP contribution in [-0.2, 0) is 47.6 Å². The number of fused-ring (bicyclic) bond motifs is 1. The van der Waals surface area contributed by atoms with Gasteiger partial charge in [-0.05, 0) is 19.1 Å². The molecule has 16 heteroatoms. The molecule has 0 aliphatic carbocycles. The molecule has 0 radical (unpaired) electrons. The van der Waals surface area contributed by atoms with Crippen molar-refractivity contribution in [2.45, 2.75) is 56.6 Å². The van der Waals surface area contributed by atoms with Crippen molar-refractivity contribution in [3.63, 3.8) is 0 Å². The van der Waals surface area contributed by atoms with Gasteiger partial charge in [0.05, 0.1) is 11.2 Å². The molecule has 1 saturated heterocycles. The number of hydrogen-bond acceptors (Lipinski definition) is 14. The third kappa shape index (κ3) is 5.88. The lowest BCUT2D eigenvalue weighted by atomic mass is 9.96. The molecule has 0 unspecified atom stereocenters. The quantitative estimate of drug-likeness (QED) is 0.213. The molecule has 214 valence electrons. The molecular formula is C24H27N5O10S. The Hall–Kier alpha value is -4.15.